The van der Waals surface area contributed by atoms with Crippen molar-refractivity contribution < 1.29 is 33.7 Å². The van der Waals surface area contributed by atoms with Crippen LogP contribution in [-0.4, -0.2) is 72.8 Å². The summed E-state index contributed by atoms with van der Waals surface area (Å²) in [4.78, 5) is 39.8. The molecule has 0 aromatic heterocycles. The molecule has 1 saturated heterocycles. The van der Waals surface area contributed by atoms with Crippen molar-refractivity contribution >= 4 is 17.7 Å². The quantitative estimate of drug-likeness (QED) is 0.554. The van der Waals surface area contributed by atoms with Crippen LogP contribution >= 0.6 is 0 Å². The van der Waals surface area contributed by atoms with Crippen molar-refractivity contribution in [2.75, 3.05) is 32.9 Å². The molecule has 3 heterocycles. The van der Waals surface area contributed by atoms with E-state index in [0.717, 1.165) is 18.4 Å². The fraction of sp³-hybridized carbons (Fsp3) is 0.444. The van der Waals surface area contributed by atoms with E-state index in [-0.39, 0.29) is 50.4 Å². The molecule has 1 aliphatic carbocycles. The minimum atomic E-state index is -0.488. The van der Waals surface area contributed by atoms with E-state index >= 15 is 0 Å². The highest BCUT2D eigenvalue weighted by atomic mass is 16.5. The van der Waals surface area contributed by atoms with Crippen LogP contribution in [-0.2, 0) is 16.1 Å². The van der Waals surface area contributed by atoms with Crippen molar-refractivity contribution in [3.63, 3.8) is 0 Å². The molecule has 2 fully saturated rings. The normalized spacial score (nSPS) is 21.7. The number of benzene rings is 2. The first-order valence-electron chi connectivity index (χ1n) is 12.6. The Labute approximate surface area is 214 Å². The van der Waals surface area contributed by atoms with Crippen LogP contribution in [0.15, 0.2) is 42.5 Å². The molecule has 4 bridgehead atoms. The van der Waals surface area contributed by atoms with E-state index in [0.29, 0.717) is 41.9 Å². The fourth-order valence-corrected chi connectivity index (χ4v) is 4.37. The van der Waals surface area contributed by atoms with Gasteiger partial charge in [0.05, 0.1) is 25.8 Å². The Kier molecular flexibility index (Phi) is 7.45. The third-order valence-corrected chi connectivity index (χ3v) is 6.66. The van der Waals surface area contributed by atoms with Gasteiger partial charge in [-0.3, -0.25) is 14.4 Å². The van der Waals surface area contributed by atoms with Crippen LogP contribution in [0.2, 0.25) is 0 Å². The van der Waals surface area contributed by atoms with Gasteiger partial charge in [-0.2, -0.15) is 0 Å². The van der Waals surface area contributed by atoms with Crippen LogP contribution in [0.5, 0.6) is 17.2 Å². The summed E-state index contributed by atoms with van der Waals surface area (Å²) in [5.41, 5.74) is 1.20. The molecule has 2 atom stereocenters. The Morgan fingerprint density at radius 1 is 1.08 bits per heavy atom. The van der Waals surface area contributed by atoms with E-state index in [9.17, 15) is 19.5 Å². The molecule has 10 heteroatoms. The van der Waals surface area contributed by atoms with Crippen LogP contribution in [0.25, 0.3) is 0 Å². The monoisotopic (exact) mass is 509 g/mol. The molecule has 1 saturated carbocycles. The Hall–Kier alpha value is -3.79. The van der Waals surface area contributed by atoms with Gasteiger partial charge >= 0.3 is 0 Å². The van der Waals surface area contributed by atoms with Gasteiger partial charge < -0.3 is 34.9 Å². The van der Waals surface area contributed by atoms with Crippen LogP contribution < -0.4 is 24.8 Å². The number of aliphatic hydroxyl groups excluding tert-OH is 1. The molecule has 196 valence electrons. The average molecular weight is 510 g/mol. The zero-order chi connectivity index (χ0) is 25.8. The van der Waals surface area contributed by atoms with Crippen LogP contribution in [0.1, 0.15) is 35.2 Å². The second-order valence-corrected chi connectivity index (χ2v) is 9.67. The van der Waals surface area contributed by atoms with E-state index in [1.807, 2.05) is 12.1 Å². The first-order chi connectivity index (χ1) is 18.0. The summed E-state index contributed by atoms with van der Waals surface area (Å²) in [5, 5.41) is 15.0. The SMILES string of the molecule is O=C1COc2cc(OCC3CC3)cc(c2)C(=O)N[C@H]2CN(C(=O)CCO)C[C@@H]2Oc2ccc(cc2)CN1. The Morgan fingerprint density at radius 3 is 2.65 bits per heavy atom. The van der Waals surface area contributed by atoms with Crippen molar-refractivity contribution in [3.05, 3.63) is 53.6 Å². The second kappa shape index (κ2) is 11.1. The van der Waals surface area contributed by atoms with Crippen molar-refractivity contribution in [2.45, 2.75) is 38.0 Å². The van der Waals surface area contributed by atoms with Gasteiger partial charge in [-0.1, -0.05) is 12.1 Å². The number of amides is 3. The van der Waals surface area contributed by atoms with Gasteiger partial charge in [0.1, 0.15) is 23.4 Å². The smallest absolute Gasteiger partial charge is 0.258 e. The Balaban J connectivity index is 1.42. The topological polar surface area (TPSA) is 126 Å². The number of aliphatic hydroxyl groups is 1. The molecule has 0 spiro atoms. The molecule has 0 unspecified atom stereocenters. The third-order valence-electron chi connectivity index (χ3n) is 6.66. The summed E-state index contributed by atoms with van der Waals surface area (Å²) in [6, 6.07) is 11.7. The first kappa shape index (κ1) is 24.9. The summed E-state index contributed by atoms with van der Waals surface area (Å²) >= 11 is 0. The number of nitrogens with one attached hydrogen (secondary N) is 2. The summed E-state index contributed by atoms with van der Waals surface area (Å²) in [6.45, 7) is 0.969. The molecule has 2 aromatic rings. The molecule has 0 radical (unpaired) electrons. The standard InChI is InChI=1S/C27H31N3O7/c31-8-7-26(33)30-13-23-24(14-30)37-20-5-3-17(4-6-20)12-28-25(32)16-36-22-10-19(27(34)29-23)9-21(11-22)35-15-18-1-2-18/h3-6,9-11,18,23-24,31H,1-2,7-8,12-16H2,(H,28,32)(H,29,34)/t23-,24-/m0/s1. The largest absolute Gasteiger partial charge is 0.493 e. The van der Waals surface area contributed by atoms with Crippen molar-refractivity contribution in [2.24, 2.45) is 5.92 Å². The van der Waals surface area contributed by atoms with Gasteiger partial charge in [0.25, 0.3) is 11.8 Å². The number of hydrogen-bond acceptors (Lipinski definition) is 7. The zero-order valence-corrected chi connectivity index (χ0v) is 20.5. The number of carbonyl (C=O) groups is 3. The second-order valence-electron chi connectivity index (χ2n) is 9.67. The lowest BCUT2D eigenvalue weighted by Crippen LogP contribution is -2.45. The first-order valence-corrected chi connectivity index (χ1v) is 12.6. The zero-order valence-electron chi connectivity index (χ0n) is 20.5. The molecule has 10 nitrogen and oxygen atoms in total. The number of likely N-dealkylation sites (tertiary alicyclic amines) is 1. The summed E-state index contributed by atoms with van der Waals surface area (Å²) in [5.74, 6) is 1.08. The van der Waals surface area contributed by atoms with E-state index in [2.05, 4.69) is 10.6 Å². The molecular weight excluding hydrogens is 478 g/mol. The summed E-state index contributed by atoms with van der Waals surface area (Å²) in [7, 11) is 0. The highest BCUT2D eigenvalue weighted by Crippen LogP contribution is 2.31. The van der Waals surface area contributed by atoms with Gasteiger partial charge in [0, 0.05) is 31.1 Å². The fourth-order valence-electron chi connectivity index (χ4n) is 4.37. The van der Waals surface area contributed by atoms with Crippen LogP contribution in [0, 0.1) is 5.92 Å². The highest BCUT2D eigenvalue weighted by Gasteiger charge is 2.38. The van der Waals surface area contributed by atoms with Crippen LogP contribution in [0.3, 0.4) is 0 Å². The van der Waals surface area contributed by atoms with Gasteiger partial charge in [0.2, 0.25) is 5.91 Å². The number of carbonyl (C=O) groups excluding carboxylic acids is 3. The van der Waals surface area contributed by atoms with Crippen molar-refractivity contribution in [3.8, 4) is 17.2 Å². The number of ether oxygens (including phenoxy) is 3. The Bertz CT molecular complexity index is 1150. The molecule has 2 aromatic carbocycles. The lowest BCUT2D eigenvalue weighted by Gasteiger charge is -2.21. The lowest BCUT2D eigenvalue weighted by molar-refractivity contribution is -0.131. The summed E-state index contributed by atoms with van der Waals surface area (Å²) < 4.78 is 17.8. The number of nitrogens with zero attached hydrogens (tertiary/aromatic N) is 1. The Morgan fingerprint density at radius 2 is 1.89 bits per heavy atom. The molecule has 37 heavy (non-hydrogen) atoms. The molecule has 3 amide bonds. The van der Waals surface area contributed by atoms with E-state index < -0.39 is 12.1 Å². The van der Waals surface area contributed by atoms with E-state index in [1.54, 1.807) is 35.2 Å². The predicted molar refractivity (Wildman–Crippen MR) is 132 cm³/mol. The third kappa shape index (κ3) is 6.51. The molecule has 6 rings (SSSR count). The molecule has 4 aliphatic rings. The predicted octanol–water partition coefficient (Wildman–Crippen LogP) is 1.25. The maximum Gasteiger partial charge on any atom is 0.258 e. The molecule has 3 N–H and O–H groups in total. The number of rotatable bonds is 5. The van der Waals surface area contributed by atoms with Gasteiger partial charge in [-0.25, -0.2) is 0 Å². The maximum atomic E-state index is 13.4. The highest BCUT2D eigenvalue weighted by molar-refractivity contribution is 5.95. The van der Waals surface area contributed by atoms with Gasteiger partial charge in [0.15, 0.2) is 6.61 Å². The van der Waals surface area contributed by atoms with Gasteiger partial charge in [-0.05, 0) is 48.6 Å². The van der Waals surface area contributed by atoms with E-state index in [4.69, 9.17) is 14.2 Å². The minimum absolute atomic E-state index is 0.00881. The van der Waals surface area contributed by atoms with Gasteiger partial charge in [-0.15, -0.1) is 0 Å². The van der Waals surface area contributed by atoms with Crippen molar-refractivity contribution in [1.29, 1.82) is 0 Å². The van der Waals surface area contributed by atoms with E-state index in [1.165, 1.54) is 0 Å². The minimum Gasteiger partial charge on any atom is -0.493 e. The summed E-state index contributed by atoms with van der Waals surface area (Å²) in [6.07, 6.45) is 1.77. The molecule has 3 aliphatic heterocycles. The van der Waals surface area contributed by atoms with Crippen LogP contribution in [0.4, 0.5) is 0 Å². The molecular formula is C27H31N3O7. The average Bonchev–Trinajstić information content (AvgIpc) is 3.65. The number of hydrogen-bond donors (Lipinski definition) is 3. The van der Waals surface area contributed by atoms with Crippen molar-refractivity contribution in [1.82, 2.24) is 15.5 Å². The number of fused-ring (bicyclic) bond motifs is 7. The lowest BCUT2D eigenvalue weighted by atomic mass is 10.1. The maximum absolute atomic E-state index is 13.4.